The van der Waals surface area contributed by atoms with E-state index in [2.05, 4.69) is 5.32 Å². The molecule has 1 aromatic rings. The van der Waals surface area contributed by atoms with E-state index in [0.29, 0.717) is 5.02 Å². The van der Waals surface area contributed by atoms with E-state index in [1.54, 1.807) is 12.1 Å². The summed E-state index contributed by atoms with van der Waals surface area (Å²) < 4.78 is 18.7. The summed E-state index contributed by atoms with van der Waals surface area (Å²) in [6.45, 7) is 1.67. The van der Waals surface area contributed by atoms with Crippen LogP contribution in [0, 0.1) is 5.82 Å². The van der Waals surface area contributed by atoms with Gasteiger partial charge in [0.25, 0.3) is 0 Å². The van der Waals surface area contributed by atoms with E-state index in [1.807, 2.05) is 0 Å². The molecule has 0 aliphatic carbocycles. The van der Waals surface area contributed by atoms with Crippen molar-refractivity contribution in [3.63, 3.8) is 0 Å². The van der Waals surface area contributed by atoms with Gasteiger partial charge >= 0.3 is 0 Å². The third-order valence-electron chi connectivity index (χ3n) is 2.22. The highest BCUT2D eigenvalue weighted by Gasteiger charge is 2.19. The van der Waals surface area contributed by atoms with Crippen molar-refractivity contribution < 1.29 is 9.13 Å². The Kier molecular flexibility index (Phi) is 2.89. The smallest absolute Gasteiger partial charge is 0.173 e. The van der Waals surface area contributed by atoms with Crippen LogP contribution in [0.1, 0.15) is 6.42 Å². The average Bonchev–Trinajstić information content (AvgIpc) is 2.64. The highest BCUT2D eigenvalue weighted by atomic mass is 35.5. The molecule has 2 rings (SSSR count). The lowest BCUT2D eigenvalue weighted by Gasteiger charge is -2.13. The highest BCUT2D eigenvalue weighted by Crippen LogP contribution is 2.28. The lowest BCUT2D eigenvalue weighted by molar-refractivity contribution is 0.213. The largest absolute Gasteiger partial charge is 0.484 e. The molecule has 1 fully saturated rings. The molecule has 2 nitrogen and oxygen atoms in total. The Bertz CT molecular complexity index is 306. The fraction of sp³-hybridized carbons (Fsp3) is 0.400. The first-order valence-corrected chi connectivity index (χ1v) is 4.96. The van der Waals surface area contributed by atoms with Gasteiger partial charge in [0, 0.05) is 6.54 Å². The zero-order valence-electron chi connectivity index (χ0n) is 7.59. The van der Waals surface area contributed by atoms with Gasteiger partial charge in [0.1, 0.15) is 6.10 Å². The predicted octanol–water partition coefficient (Wildman–Crippen LogP) is 2.22. The molecule has 1 atom stereocenters. The molecule has 0 aromatic heterocycles. The van der Waals surface area contributed by atoms with E-state index >= 15 is 0 Å². The molecule has 1 heterocycles. The summed E-state index contributed by atoms with van der Waals surface area (Å²) in [4.78, 5) is 0. The first kappa shape index (κ1) is 9.74. The van der Waals surface area contributed by atoms with Gasteiger partial charge < -0.3 is 10.1 Å². The number of nitrogens with one attached hydrogen (secondary N) is 1. The molecule has 0 unspecified atom stereocenters. The van der Waals surface area contributed by atoms with Crippen LogP contribution in [0.3, 0.4) is 0 Å². The van der Waals surface area contributed by atoms with Crippen LogP contribution in [0.5, 0.6) is 5.75 Å². The molecule has 0 spiro atoms. The van der Waals surface area contributed by atoms with Gasteiger partial charge in [-0.15, -0.1) is 0 Å². The minimum Gasteiger partial charge on any atom is -0.484 e. The van der Waals surface area contributed by atoms with Gasteiger partial charge in [0.05, 0.1) is 5.02 Å². The number of ether oxygens (including phenoxy) is 1. The van der Waals surface area contributed by atoms with Crippen LogP contribution in [-0.2, 0) is 0 Å². The number of rotatable bonds is 2. The van der Waals surface area contributed by atoms with Crippen LogP contribution >= 0.6 is 11.6 Å². The van der Waals surface area contributed by atoms with Crippen molar-refractivity contribution in [1.29, 1.82) is 0 Å². The zero-order chi connectivity index (χ0) is 9.97. The molecule has 0 saturated carbocycles. The van der Waals surface area contributed by atoms with E-state index in [0.717, 1.165) is 19.5 Å². The second kappa shape index (κ2) is 4.15. The summed E-state index contributed by atoms with van der Waals surface area (Å²) in [7, 11) is 0. The van der Waals surface area contributed by atoms with E-state index in [9.17, 15) is 4.39 Å². The summed E-state index contributed by atoms with van der Waals surface area (Å²) in [6, 6.07) is 4.55. The maximum atomic E-state index is 13.3. The fourth-order valence-electron chi connectivity index (χ4n) is 1.49. The quantitative estimate of drug-likeness (QED) is 0.817. The molecule has 0 bridgehead atoms. The second-order valence-electron chi connectivity index (χ2n) is 3.28. The standard InChI is InChI=1S/C10H11ClFNO/c11-8-2-1-3-9(12)10(8)14-7-4-5-13-6-7/h1-3,7,13H,4-6H2/t7-/m1/s1. The first-order chi connectivity index (χ1) is 6.77. The van der Waals surface area contributed by atoms with Crippen LogP contribution in [0.2, 0.25) is 5.02 Å². The van der Waals surface area contributed by atoms with Crippen LogP contribution in [0.15, 0.2) is 18.2 Å². The molecule has 14 heavy (non-hydrogen) atoms. The third-order valence-corrected chi connectivity index (χ3v) is 2.52. The van der Waals surface area contributed by atoms with E-state index < -0.39 is 5.82 Å². The molecule has 4 heteroatoms. The van der Waals surface area contributed by atoms with Crippen LogP contribution in [-0.4, -0.2) is 19.2 Å². The summed E-state index contributed by atoms with van der Waals surface area (Å²) in [5, 5.41) is 3.47. The van der Waals surface area contributed by atoms with Crippen molar-refractivity contribution in [1.82, 2.24) is 5.32 Å². The van der Waals surface area contributed by atoms with Crippen LogP contribution in [0.25, 0.3) is 0 Å². The lowest BCUT2D eigenvalue weighted by atomic mass is 10.3. The minimum absolute atomic E-state index is 0.0319. The Hall–Kier alpha value is -0.800. The SMILES string of the molecule is Fc1cccc(Cl)c1O[C@@H]1CCNC1. The number of halogens is 2. The Morgan fingerprint density at radius 3 is 3.00 bits per heavy atom. The van der Waals surface area contributed by atoms with E-state index in [1.165, 1.54) is 6.07 Å². The van der Waals surface area contributed by atoms with Crippen molar-refractivity contribution in [2.75, 3.05) is 13.1 Å². The molecule has 1 saturated heterocycles. The molecular formula is C10H11ClFNO. The summed E-state index contributed by atoms with van der Waals surface area (Å²) in [5.74, 6) is -0.229. The zero-order valence-corrected chi connectivity index (χ0v) is 8.35. The fourth-order valence-corrected chi connectivity index (χ4v) is 1.70. The summed E-state index contributed by atoms with van der Waals surface area (Å²) in [5.41, 5.74) is 0. The maximum absolute atomic E-state index is 13.3. The van der Waals surface area contributed by atoms with Crippen molar-refractivity contribution in [2.45, 2.75) is 12.5 Å². The first-order valence-electron chi connectivity index (χ1n) is 4.59. The van der Waals surface area contributed by atoms with E-state index in [-0.39, 0.29) is 11.9 Å². The Morgan fingerprint density at radius 1 is 1.50 bits per heavy atom. The monoisotopic (exact) mass is 215 g/mol. The summed E-state index contributed by atoms with van der Waals surface area (Å²) in [6.07, 6.45) is 0.925. The Morgan fingerprint density at radius 2 is 2.36 bits per heavy atom. The van der Waals surface area contributed by atoms with Crippen LogP contribution in [0.4, 0.5) is 4.39 Å². The highest BCUT2D eigenvalue weighted by molar-refractivity contribution is 6.32. The van der Waals surface area contributed by atoms with Crippen molar-refractivity contribution >= 4 is 11.6 Å². The molecule has 1 aliphatic heterocycles. The van der Waals surface area contributed by atoms with E-state index in [4.69, 9.17) is 16.3 Å². The van der Waals surface area contributed by atoms with Crippen molar-refractivity contribution in [2.24, 2.45) is 0 Å². The molecule has 76 valence electrons. The number of benzene rings is 1. The van der Waals surface area contributed by atoms with Gasteiger partial charge in [-0.05, 0) is 25.1 Å². The van der Waals surface area contributed by atoms with Gasteiger partial charge in [-0.3, -0.25) is 0 Å². The number of hydrogen-bond acceptors (Lipinski definition) is 2. The molecule has 1 N–H and O–H groups in total. The Balaban J connectivity index is 2.14. The van der Waals surface area contributed by atoms with Gasteiger partial charge in [-0.25, -0.2) is 4.39 Å². The van der Waals surface area contributed by atoms with Gasteiger partial charge in [-0.2, -0.15) is 0 Å². The molecule has 1 aromatic carbocycles. The van der Waals surface area contributed by atoms with Crippen LogP contribution < -0.4 is 10.1 Å². The number of hydrogen-bond donors (Lipinski definition) is 1. The van der Waals surface area contributed by atoms with Crippen molar-refractivity contribution in [3.8, 4) is 5.75 Å². The predicted molar refractivity (Wildman–Crippen MR) is 53.3 cm³/mol. The van der Waals surface area contributed by atoms with Gasteiger partial charge in [0.2, 0.25) is 0 Å². The van der Waals surface area contributed by atoms with Crippen molar-refractivity contribution in [3.05, 3.63) is 29.0 Å². The second-order valence-corrected chi connectivity index (χ2v) is 3.69. The molecule has 0 amide bonds. The maximum Gasteiger partial charge on any atom is 0.173 e. The molecule has 0 radical (unpaired) electrons. The average molecular weight is 216 g/mol. The molecular weight excluding hydrogens is 205 g/mol. The lowest BCUT2D eigenvalue weighted by Crippen LogP contribution is -2.20. The summed E-state index contributed by atoms with van der Waals surface area (Å²) >= 11 is 5.82. The molecule has 1 aliphatic rings. The number of para-hydroxylation sites is 1. The topological polar surface area (TPSA) is 21.3 Å². The van der Waals surface area contributed by atoms with Gasteiger partial charge in [-0.1, -0.05) is 17.7 Å². The van der Waals surface area contributed by atoms with Gasteiger partial charge in [0.15, 0.2) is 11.6 Å². The Labute approximate surface area is 87.0 Å². The normalized spacial score (nSPS) is 21.1. The third kappa shape index (κ3) is 1.99. The minimum atomic E-state index is -0.399.